The van der Waals surface area contributed by atoms with Gasteiger partial charge in [-0.05, 0) is 53.8 Å². The fourth-order valence-electron chi connectivity index (χ4n) is 3.69. The Morgan fingerprint density at radius 3 is 2.15 bits per heavy atom. The molecule has 0 spiro atoms. The first-order valence-corrected chi connectivity index (χ1v) is 8.32. The van der Waals surface area contributed by atoms with Gasteiger partial charge in [0.15, 0.2) is 0 Å². The van der Waals surface area contributed by atoms with Crippen molar-refractivity contribution in [1.29, 1.82) is 0 Å². The lowest BCUT2D eigenvalue weighted by Crippen LogP contribution is -2.00. The van der Waals surface area contributed by atoms with Crippen LogP contribution in [-0.2, 0) is 0 Å². The fourth-order valence-corrected chi connectivity index (χ4v) is 3.69. The molecule has 130 valence electrons. The highest BCUT2D eigenvalue weighted by Gasteiger charge is 2.14. The van der Waals surface area contributed by atoms with E-state index in [-0.39, 0.29) is 0 Å². The van der Waals surface area contributed by atoms with E-state index in [0.717, 1.165) is 38.2 Å². The van der Waals surface area contributed by atoms with E-state index in [4.69, 9.17) is 28.7 Å². The molecule has 5 heteroatoms. The predicted octanol–water partition coefficient (Wildman–Crippen LogP) is 3.88. The molecule has 10 N–H and O–H groups in total. The third-order valence-electron chi connectivity index (χ3n) is 4.83. The maximum absolute atomic E-state index is 6.47. The summed E-state index contributed by atoms with van der Waals surface area (Å²) in [6.45, 7) is 2.00. The zero-order valence-corrected chi connectivity index (χ0v) is 14.5. The molecule has 4 aromatic rings. The maximum Gasteiger partial charge on any atom is 0.0495 e. The van der Waals surface area contributed by atoms with Gasteiger partial charge in [0.05, 0.1) is 0 Å². The molecule has 0 aliphatic heterocycles. The van der Waals surface area contributed by atoms with Crippen molar-refractivity contribution < 1.29 is 0 Å². The molecule has 4 aromatic carbocycles. The molecule has 4 rings (SSSR count). The van der Waals surface area contributed by atoms with Gasteiger partial charge in [-0.2, -0.15) is 0 Å². The van der Waals surface area contributed by atoms with Crippen LogP contribution in [-0.4, -0.2) is 0 Å². The Kier molecular flexibility index (Phi) is 3.34. The van der Waals surface area contributed by atoms with Crippen LogP contribution in [0.5, 0.6) is 0 Å². The average molecular weight is 343 g/mol. The second-order valence-electron chi connectivity index (χ2n) is 6.71. The lowest BCUT2D eigenvalue weighted by Gasteiger charge is -2.16. The van der Waals surface area contributed by atoms with Gasteiger partial charge in [-0.15, -0.1) is 0 Å². The van der Waals surface area contributed by atoms with Crippen molar-refractivity contribution in [3.8, 4) is 11.1 Å². The van der Waals surface area contributed by atoms with Gasteiger partial charge in [0, 0.05) is 50.2 Å². The molecular weight excluding hydrogens is 322 g/mol. The number of anilines is 5. The Hall–Kier alpha value is -3.60. The maximum atomic E-state index is 6.47. The van der Waals surface area contributed by atoms with Crippen molar-refractivity contribution in [2.24, 2.45) is 0 Å². The summed E-state index contributed by atoms with van der Waals surface area (Å²) in [7, 11) is 0. The summed E-state index contributed by atoms with van der Waals surface area (Å²) in [6.07, 6.45) is 0. The first-order valence-electron chi connectivity index (χ1n) is 8.32. The number of fused-ring (bicyclic) bond motifs is 2. The van der Waals surface area contributed by atoms with Gasteiger partial charge in [0.1, 0.15) is 0 Å². The third kappa shape index (κ3) is 2.25. The molecule has 0 radical (unpaired) electrons. The quantitative estimate of drug-likeness (QED) is 0.335. The van der Waals surface area contributed by atoms with Crippen LogP contribution in [0.1, 0.15) is 5.56 Å². The molecule has 26 heavy (non-hydrogen) atoms. The summed E-state index contributed by atoms with van der Waals surface area (Å²) < 4.78 is 0. The fraction of sp³-hybridized carbons (Fsp3) is 0.0476. The molecule has 0 bridgehead atoms. The molecular formula is C21H21N5. The highest BCUT2D eigenvalue weighted by atomic mass is 14.6. The van der Waals surface area contributed by atoms with Gasteiger partial charge in [-0.1, -0.05) is 18.2 Å². The van der Waals surface area contributed by atoms with Crippen molar-refractivity contribution >= 4 is 50.0 Å². The summed E-state index contributed by atoms with van der Waals surface area (Å²) in [6, 6.07) is 15.4. The Morgan fingerprint density at radius 2 is 1.38 bits per heavy atom. The molecule has 0 saturated heterocycles. The zero-order chi connectivity index (χ0) is 18.6. The SMILES string of the molecule is Cc1cc(N)c2c(N)cc(-c3cc(N)c4cccc(N)c4c3N)cc2c1. The van der Waals surface area contributed by atoms with Gasteiger partial charge in [0.25, 0.3) is 0 Å². The van der Waals surface area contributed by atoms with E-state index >= 15 is 0 Å². The Bertz CT molecular complexity index is 1190. The van der Waals surface area contributed by atoms with Crippen LogP contribution in [0, 0.1) is 6.92 Å². The summed E-state index contributed by atoms with van der Waals surface area (Å²) in [5.41, 5.74) is 37.2. The van der Waals surface area contributed by atoms with E-state index < -0.39 is 0 Å². The third-order valence-corrected chi connectivity index (χ3v) is 4.83. The molecule has 0 aliphatic rings. The Morgan fingerprint density at radius 1 is 0.654 bits per heavy atom. The summed E-state index contributed by atoms with van der Waals surface area (Å²) >= 11 is 0. The van der Waals surface area contributed by atoms with Crippen LogP contribution in [0.25, 0.3) is 32.7 Å². The van der Waals surface area contributed by atoms with Crippen molar-refractivity contribution in [3.63, 3.8) is 0 Å². The highest BCUT2D eigenvalue weighted by Crippen LogP contribution is 2.41. The number of nitrogens with two attached hydrogens (primary N) is 5. The number of hydrogen-bond acceptors (Lipinski definition) is 5. The normalized spacial score (nSPS) is 11.3. The van der Waals surface area contributed by atoms with Crippen LogP contribution in [0.3, 0.4) is 0 Å². The van der Waals surface area contributed by atoms with E-state index in [1.54, 1.807) is 0 Å². The van der Waals surface area contributed by atoms with Gasteiger partial charge in [-0.25, -0.2) is 0 Å². The smallest absolute Gasteiger partial charge is 0.0495 e. The van der Waals surface area contributed by atoms with Gasteiger partial charge < -0.3 is 28.7 Å². The monoisotopic (exact) mass is 343 g/mol. The number of nitrogen functional groups attached to an aromatic ring is 5. The molecule has 0 aliphatic carbocycles. The van der Waals surface area contributed by atoms with Gasteiger partial charge in [0.2, 0.25) is 0 Å². The van der Waals surface area contributed by atoms with Gasteiger partial charge in [-0.3, -0.25) is 0 Å². The Labute approximate surface area is 151 Å². The van der Waals surface area contributed by atoms with Crippen molar-refractivity contribution in [1.82, 2.24) is 0 Å². The van der Waals surface area contributed by atoms with Crippen molar-refractivity contribution in [2.75, 3.05) is 28.7 Å². The van der Waals surface area contributed by atoms with Crippen LogP contribution < -0.4 is 28.7 Å². The zero-order valence-electron chi connectivity index (χ0n) is 14.5. The topological polar surface area (TPSA) is 130 Å². The number of rotatable bonds is 1. The summed E-state index contributed by atoms with van der Waals surface area (Å²) in [4.78, 5) is 0. The molecule has 0 unspecified atom stereocenters. The number of benzene rings is 4. The van der Waals surface area contributed by atoms with Crippen LogP contribution >= 0.6 is 0 Å². The number of hydrogen-bond donors (Lipinski definition) is 5. The standard InChI is InChI=1S/C21H21N5/c1-10-5-12-7-11(8-18(25)19(12)17(24)6-10)14-9-16(23)13-3-2-4-15(22)20(13)21(14)26/h2-9H,22-26H2,1H3. The number of aryl methyl sites for hydroxylation is 1. The van der Waals surface area contributed by atoms with Crippen LogP contribution in [0.4, 0.5) is 28.4 Å². The highest BCUT2D eigenvalue weighted by molar-refractivity contribution is 6.13. The molecule has 0 saturated carbocycles. The van der Waals surface area contributed by atoms with E-state index in [1.807, 2.05) is 49.4 Å². The van der Waals surface area contributed by atoms with Crippen LogP contribution in [0.15, 0.2) is 48.5 Å². The van der Waals surface area contributed by atoms with Crippen molar-refractivity contribution in [3.05, 3.63) is 54.1 Å². The average Bonchev–Trinajstić information content (AvgIpc) is 2.56. The van der Waals surface area contributed by atoms with E-state index in [2.05, 4.69) is 6.07 Å². The molecule has 5 nitrogen and oxygen atoms in total. The lowest BCUT2D eigenvalue weighted by atomic mass is 9.93. The molecule has 0 heterocycles. The summed E-state index contributed by atoms with van der Waals surface area (Å²) in [5.74, 6) is 0. The van der Waals surface area contributed by atoms with Crippen LogP contribution in [0.2, 0.25) is 0 Å². The lowest BCUT2D eigenvalue weighted by molar-refractivity contribution is 1.50. The van der Waals surface area contributed by atoms with E-state index in [1.165, 1.54) is 0 Å². The molecule has 0 atom stereocenters. The van der Waals surface area contributed by atoms with E-state index in [0.29, 0.717) is 28.4 Å². The molecule has 0 amide bonds. The van der Waals surface area contributed by atoms with E-state index in [9.17, 15) is 0 Å². The minimum atomic E-state index is 0.590. The second kappa shape index (κ2) is 5.46. The van der Waals surface area contributed by atoms with Gasteiger partial charge >= 0.3 is 0 Å². The van der Waals surface area contributed by atoms with Crippen molar-refractivity contribution in [2.45, 2.75) is 6.92 Å². The first-order chi connectivity index (χ1) is 12.4. The first kappa shape index (κ1) is 15.9. The molecule has 0 fully saturated rings. The Balaban J connectivity index is 2.08. The minimum Gasteiger partial charge on any atom is -0.398 e. The minimum absolute atomic E-state index is 0.590. The second-order valence-corrected chi connectivity index (χ2v) is 6.71. The largest absolute Gasteiger partial charge is 0.398 e. The summed E-state index contributed by atoms with van der Waals surface area (Å²) in [5, 5.41) is 3.44. The predicted molar refractivity (Wildman–Crippen MR) is 114 cm³/mol. The molecule has 0 aromatic heterocycles.